The number of thioether (sulfide) groups is 1. The van der Waals surface area contributed by atoms with E-state index in [2.05, 4.69) is 20.8 Å². The van der Waals surface area contributed by atoms with Crippen LogP contribution in [0, 0.1) is 5.82 Å². The summed E-state index contributed by atoms with van der Waals surface area (Å²) in [6, 6.07) is 9.45. The Labute approximate surface area is 154 Å². The summed E-state index contributed by atoms with van der Waals surface area (Å²) < 4.78 is 19.9. The molecule has 26 heavy (non-hydrogen) atoms. The fraction of sp³-hybridized carbons (Fsp3) is 0.294. The van der Waals surface area contributed by atoms with Gasteiger partial charge in [0.2, 0.25) is 11.1 Å². The van der Waals surface area contributed by atoms with Crippen molar-refractivity contribution in [3.8, 4) is 0 Å². The second-order valence-corrected chi connectivity index (χ2v) is 7.05. The maximum absolute atomic E-state index is 13.0. The zero-order valence-corrected chi connectivity index (χ0v) is 15.1. The summed E-state index contributed by atoms with van der Waals surface area (Å²) in [6.07, 6.45) is 1.58. The highest BCUT2D eigenvalue weighted by Crippen LogP contribution is 2.22. The molecule has 0 radical (unpaired) electrons. The average molecular weight is 375 g/mol. The van der Waals surface area contributed by atoms with Crippen molar-refractivity contribution in [3.63, 3.8) is 0 Å². The predicted octanol–water partition coefficient (Wildman–Crippen LogP) is 2.81. The summed E-state index contributed by atoms with van der Waals surface area (Å²) in [5, 5.41) is 14.6. The number of hydrogen-bond acceptors (Lipinski definition) is 6. The van der Waals surface area contributed by atoms with E-state index in [1.54, 1.807) is 36.1 Å². The Morgan fingerprint density at radius 3 is 2.77 bits per heavy atom. The molecule has 7 nitrogen and oxygen atoms in total. The minimum Gasteiger partial charge on any atom is -0.467 e. The molecule has 0 saturated heterocycles. The molecular formula is C17H18FN5O2S. The topological polar surface area (TPSA) is 85.8 Å². The zero-order chi connectivity index (χ0) is 18.5. The fourth-order valence-corrected chi connectivity index (χ4v) is 3.11. The Balaban J connectivity index is 1.59. The van der Waals surface area contributed by atoms with Crippen molar-refractivity contribution in [1.29, 1.82) is 0 Å². The Kier molecular flexibility index (Phi) is 5.67. The highest BCUT2D eigenvalue weighted by molar-refractivity contribution is 8.00. The SMILES string of the molecule is C[C@H](Sc1nnnn1Cc1ccco1)C(=O)N[C@@H](C)c1ccc(F)cc1. The van der Waals surface area contributed by atoms with Crippen molar-refractivity contribution < 1.29 is 13.6 Å². The van der Waals surface area contributed by atoms with E-state index < -0.39 is 5.25 Å². The molecule has 0 unspecified atom stereocenters. The molecule has 0 aliphatic heterocycles. The molecule has 3 aromatic rings. The van der Waals surface area contributed by atoms with Crippen LogP contribution in [0.25, 0.3) is 0 Å². The van der Waals surface area contributed by atoms with E-state index in [9.17, 15) is 9.18 Å². The summed E-state index contributed by atoms with van der Waals surface area (Å²) in [4.78, 5) is 12.4. The highest BCUT2D eigenvalue weighted by atomic mass is 32.2. The van der Waals surface area contributed by atoms with Gasteiger partial charge < -0.3 is 9.73 Å². The van der Waals surface area contributed by atoms with Gasteiger partial charge in [0.1, 0.15) is 18.1 Å². The van der Waals surface area contributed by atoms with Crippen molar-refractivity contribution in [3.05, 3.63) is 59.8 Å². The zero-order valence-electron chi connectivity index (χ0n) is 14.3. The molecule has 2 atom stereocenters. The molecule has 2 heterocycles. The van der Waals surface area contributed by atoms with Gasteiger partial charge in [-0.3, -0.25) is 4.79 Å². The minimum absolute atomic E-state index is 0.153. The van der Waals surface area contributed by atoms with Crippen LogP contribution in [-0.4, -0.2) is 31.4 Å². The lowest BCUT2D eigenvalue weighted by atomic mass is 10.1. The number of hydrogen-bond donors (Lipinski definition) is 1. The molecule has 0 aliphatic rings. The van der Waals surface area contributed by atoms with E-state index in [1.165, 1.54) is 23.9 Å². The smallest absolute Gasteiger partial charge is 0.233 e. The fourth-order valence-electron chi connectivity index (χ4n) is 2.31. The van der Waals surface area contributed by atoms with Crippen molar-refractivity contribution in [2.75, 3.05) is 0 Å². The molecule has 3 rings (SSSR count). The average Bonchev–Trinajstić information content (AvgIpc) is 3.28. The lowest BCUT2D eigenvalue weighted by Gasteiger charge is -2.17. The Bertz CT molecular complexity index is 850. The van der Waals surface area contributed by atoms with Crippen LogP contribution in [-0.2, 0) is 11.3 Å². The van der Waals surface area contributed by atoms with Crippen LogP contribution in [0.3, 0.4) is 0 Å². The number of benzene rings is 1. The van der Waals surface area contributed by atoms with E-state index in [0.29, 0.717) is 11.7 Å². The number of carbonyl (C=O) groups is 1. The van der Waals surface area contributed by atoms with Crippen molar-refractivity contribution in [1.82, 2.24) is 25.5 Å². The third kappa shape index (κ3) is 4.48. The second kappa shape index (κ2) is 8.13. The molecule has 9 heteroatoms. The number of rotatable bonds is 7. The van der Waals surface area contributed by atoms with Gasteiger partial charge >= 0.3 is 0 Å². The summed E-state index contributed by atoms with van der Waals surface area (Å²) in [7, 11) is 0. The minimum atomic E-state index is -0.403. The maximum Gasteiger partial charge on any atom is 0.233 e. The van der Waals surface area contributed by atoms with Gasteiger partial charge in [0, 0.05) is 0 Å². The summed E-state index contributed by atoms with van der Waals surface area (Å²) in [6.45, 7) is 4.02. The van der Waals surface area contributed by atoms with Crippen LogP contribution < -0.4 is 5.32 Å². The molecule has 1 N–H and O–H groups in total. The molecule has 0 saturated carbocycles. The molecule has 1 amide bonds. The summed E-state index contributed by atoms with van der Waals surface area (Å²) in [5.41, 5.74) is 0.833. The van der Waals surface area contributed by atoms with Gasteiger partial charge in [-0.25, -0.2) is 9.07 Å². The third-order valence-corrected chi connectivity index (χ3v) is 4.84. The number of nitrogens with zero attached hydrogens (tertiary/aromatic N) is 4. The van der Waals surface area contributed by atoms with Crippen LogP contribution in [0.5, 0.6) is 0 Å². The van der Waals surface area contributed by atoms with Crippen molar-refractivity contribution >= 4 is 17.7 Å². The molecule has 0 aliphatic carbocycles. The van der Waals surface area contributed by atoms with Crippen LogP contribution in [0.2, 0.25) is 0 Å². The second-order valence-electron chi connectivity index (χ2n) is 5.74. The molecule has 0 spiro atoms. The monoisotopic (exact) mass is 375 g/mol. The van der Waals surface area contributed by atoms with Gasteiger partial charge in [0.25, 0.3) is 0 Å². The lowest BCUT2D eigenvalue weighted by Crippen LogP contribution is -2.33. The van der Waals surface area contributed by atoms with Gasteiger partial charge in [-0.2, -0.15) is 0 Å². The first-order valence-corrected chi connectivity index (χ1v) is 8.92. The van der Waals surface area contributed by atoms with Crippen molar-refractivity contribution in [2.24, 2.45) is 0 Å². The van der Waals surface area contributed by atoms with Crippen LogP contribution in [0.4, 0.5) is 4.39 Å². The van der Waals surface area contributed by atoms with E-state index in [4.69, 9.17) is 4.42 Å². The Morgan fingerprint density at radius 2 is 2.08 bits per heavy atom. The molecule has 1 aromatic carbocycles. The number of furan rings is 1. The number of aromatic nitrogens is 4. The number of nitrogens with one attached hydrogen (secondary N) is 1. The van der Waals surface area contributed by atoms with Gasteiger partial charge in [-0.1, -0.05) is 23.9 Å². The van der Waals surface area contributed by atoms with E-state index in [0.717, 1.165) is 11.3 Å². The van der Waals surface area contributed by atoms with Crippen LogP contribution in [0.15, 0.2) is 52.2 Å². The first kappa shape index (κ1) is 18.1. The molecule has 136 valence electrons. The summed E-state index contributed by atoms with van der Waals surface area (Å²) >= 11 is 1.26. The largest absolute Gasteiger partial charge is 0.467 e. The molecule has 0 fully saturated rings. The third-order valence-electron chi connectivity index (χ3n) is 3.76. The number of halogens is 1. The van der Waals surface area contributed by atoms with Gasteiger partial charge in [0.15, 0.2) is 0 Å². The van der Waals surface area contributed by atoms with Crippen LogP contribution in [0.1, 0.15) is 31.2 Å². The number of amides is 1. The van der Waals surface area contributed by atoms with E-state index in [-0.39, 0.29) is 17.8 Å². The first-order valence-electron chi connectivity index (χ1n) is 8.04. The van der Waals surface area contributed by atoms with Crippen molar-refractivity contribution in [2.45, 2.75) is 36.8 Å². The number of carbonyl (C=O) groups excluding carboxylic acids is 1. The number of tetrazole rings is 1. The highest BCUT2D eigenvalue weighted by Gasteiger charge is 2.20. The first-order chi connectivity index (χ1) is 12.5. The van der Waals surface area contributed by atoms with Gasteiger partial charge in [0.05, 0.1) is 17.6 Å². The van der Waals surface area contributed by atoms with Gasteiger partial charge in [-0.15, -0.1) is 5.10 Å². The quantitative estimate of drug-likeness (QED) is 0.639. The Hall–Kier alpha value is -2.68. The molecular weight excluding hydrogens is 357 g/mol. The molecule has 0 bridgehead atoms. The Morgan fingerprint density at radius 1 is 1.31 bits per heavy atom. The van der Waals surface area contributed by atoms with E-state index in [1.807, 2.05) is 13.0 Å². The van der Waals surface area contributed by atoms with Gasteiger partial charge in [-0.05, 0) is 54.1 Å². The normalized spacial score (nSPS) is 13.3. The van der Waals surface area contributed by atoms with E-state index >= 15 is 0 Å². The predicted molar refractivity (Wildman–Crippen MR) is 93.9 cm³/mol. The standard InChI is InChI=1S/C17H18FN5O2S/c1-11(13-5-7-14(18)8-6-13)19-16(24)12(2)26-17-20-21-22-23(17)10-15-4-3-9-25-15/h3-9,11-12H,10H2,1-2H3,(H,19,24)/t11-,12-/m0/s1. The summed E-state index contributed by atoms with van der Waals surface area (Å²) in [5.74, 6) is 0.264. The molecule has 2 aromatic heterocycles. The lowest BCUT2D eigenvalue weighted by molar-refractivity contribution is -0.120. The maximum atomic E-state index is 13.0. The van der Waals surface area contributed by atoms with Crippen LogP contribution >= 0.6 is 11.8 Å².